The van der Waals surface area contributed by atoms with Gasteiger partial charge in [0.2, 0.25) is 0 Å². The minimum atomic E-state index is -2.93. The van der Waals surface area contributed by atoms with Crippen molar-refractivity contribution in [3.63, 3.8) is 0 Å². The zero-order valence-electron chi connectivity index (χ0n) is 9.03. The summed E-state index contributed by atoms with van der Waals surface area (Å²) in [5.41, 5.74) is 7.46. The van der Waals surface area contributed by atoms with Gasteiger partial charge in [-0.25, -0.2) is 13.4 Å². The highest BCUT2D eigenvalue weighted by Crippen LogP contribution is 2.11. The Hall–Kier alpha value is -1.10. The molecule has 15 heavy (non-hydrogen) atoms. The number of aromatic nitrogens is 1. The van der Waals surface area contributed by atoms with Crippen molar-refractivity contribution in [1.29, 1.82) is 0 Å². The molecule has 4 nitrogen and oxygen atoms in total. The van der Waals surface area contributed by atoms with E-state index in [0.717, 1.165) is 11.1 Å². The van der Waals surface area contributed by atoms with Crippen molar-refractivity contribution in [3.8, 4) is 0 Å². The molecule has 0 aromatic carbocycles. The maximum Gasteiger partial charge on any atom is 0.150 e. The molecule has 1 aromatic heterocycles. The maximum absolute atomic E-state index is 11.3. The lowest BCUT2D eigenvalue weighted by molar-refractivity contribution is 0.596. The summed E-state index contributed by atoms with van der Waals surface area (Å²) in [7, 11) is -2.93. The van der Waals surface area contributed by atoms with Gasteiger partial charge < -0.3 is 5.73 Å². The molecule has 5 heteroatoms. The molecule has 1 rings (SSSR count). The molecule has 0 saturated carbocycles. The Morgan fingerprint density at radius 1 is 1.47 bits per heavy atom. The number of anilines is 1. The third-order valence-corrected chi connectivity index (χ3v) is 3.97. The molecule has 0 spiro atoms. The molecule has 0 radical (unpaired) electrons. The third-order valence-electron chi connectivity index (χ3n) is 2.26. The smallest absolute Gasteiger partial charge is 0.150 e. The second-order valence-electron chi connectivity index (χ2n) is 3.54. The maximum atomic E-state index is 11.3. The number of nitrogen functional groups attached to an aromatic ring is 1. The van der Waals surface area contributed by atoms with E-state index in [4.69, 9.17) is 5.73 Å². The van der Waals surface area contributed by atoms with E-state index in [9.17, 15) is 8.42 Å². The first-order chi connectivity index (χ1) is 6.94. The highest BCUT2D eigenvalue weighted by molar-refractivity contribution is 7.91. The van der Waals surface area contributed by atoms with Gasteiger partial charge in [0.25, 0.3) is 0 Å². The molecule has 0 aliphatic heterocycles. The zero-order chi connectivity index (χ0) is 11.5. The van der Waals surface area contributed by atoms with E-state index in [0.29, 0.717) is 12.2 Å². The summed E-state index contributed by atoms with van der Waals surface area (Å²) in [6.07, 6.45) is 2.11. The molecular weight excluding hydrogens is 212 g/mol. The molecule has 0 amide bonds. The van der Waals surface area contributed by atoms with Gasteiger partial charge in [-0.15, -0.1) is 0 Å². The molecule has 0 unspecified atom stereocenters. The lowest BCUT2D eigenvalue weighted by Crippen LogP contribution is -2.12. The van der Waals surface area contributed by atoms with E-state index in [1.165, 1.54) is 0 Å². The molecule has 0 bridgehead atoms. The normalized spacial score (nSPS) is 11.6. The first-order valence-electron chi connectivity index (χ1n) is 4.86. The van der Waals surface area contributed by atoms with Gasteiger partial charge >= 0.3 is 0 Å². The van der Waals surface area contributed by atoms with E-state index in [-0.39, 0.29) is 11.5 Å². The Bertz CT molecular complexity index is 441. The molecular formula is C10H16N2O2S. The average molecular weight is 228 g/mol. The van der Waals surface area contributed by atoms with Crippen LogP contribution in [0.2, 0.25) is 0 Å². The summed E-state index contributed by atoms with van der Waals surface area (Å²) < 4.78 is 22.6. The van der Waals surface area contributed by atoms with E-state index >= 15 is 0 Å². The van der Waals surface area contributed by atoms with Crippen molar-refractivity contribution in [2.75, 3.05) is 17.2 Å². The Morgan fingerprint density at radius 2 is 2.13 bits per heavy atom. The van der Waals surface area contributed by atoms with Crippen LogP contribution in [0.1, 0.15) is 18.1 Å². The molecule has 1 heterocycles. The topological polar surface area (TPSA) is 73.0 Å². The van der Waals surface area contributed by atoms with Crippen LogP contribution in [0.3, 0.4) is 0 Å². The van der Waals surface area contributed by atoms with Crippen LogP contribution in [0.5, 0.6) is 0 Å². The lowest BCUT2D eigenvalue weighted by Gasteiger charge is -2.05. The summed E-state index contributed by atoms with van der Waals surface area (Å²) in [4.78, 5) is 3.99. The molecule has 0 saturated heterocycles. The van der Waals surface area contributed by atoms with Crippen molar-refractivity contribution in [2.45, 2.75) is 20.3 Å². The van der Waals surface area contributed by atoms with Gasteiger partial charge in [0.1, 0.15) is 15.7 Å². The van der Waals surface area contributed by atoms with Crippen LogP contribution < -0.4 is 5.73 Å². The number of nitrogens with two attached hydrogens (primary N) is 1. The van der Waals surface area contributed by atoms with Gasteiger partial charge in [0, 0.05) is 11.9 Å². The minimum absolute atomic E-state index is 0.138. The molecule has 2 N–H and O–H groups in total. The largest absolute Gasteiger partial charge is 0.383 e. The first kappa shape index (κ1) is 12.0. The highest BCUT2D eigenvalue weighted by atomic mass is 32.2. The number of hydrogen-bond donors (Lipinski definition) is 1. The van der Waals surface area contributed by atoms with Crippen molar-refractivity contribution in [2.24, 2.45) is 0 Å². The lowest BCUT2D eigenvalue weighted by atomic mass is 10.1. The van der Waals surface area contributed by atoms with Gasteiger partial charge in [0.05, 0.1) is 5.75 Å². The second kappa shape index (κ2) is 4.61. The minimum Gasteiger partial charge on any atom is -0.383 e. The predicted octanol–water partition coefficient (Wildman–Crippen LogP) is 0.949. The van der Waals surface area contributed by atoms with Gasteiger partial charge in [-0.2, -0.15) is 0 Å². The van der Waals surface area contributed by atoms with Gasteiger partial charge in [0.15, 0.2) is 0 Å². The van der Waals surface area contributed by atoms with Crippen molar-refractivity contribution in [3.05, 3.63) is 23.4 Å². The fourth-order valence-corrected chi connectivity index (χ4v) is 2.07. The highest BCUT2D eigenvalue weighted by Gasteiger charge is 2.09. The van der Waals surface area contributed by atoms with Gasteiger partial charge in [-0.05, 0) is 24.5 Å². The monoisotopic (exact) mass is 228 g/mol. The Labute approximate surface area is 90.4 Å². The quantitative estimate of drug-likeness (QED) is 0.832. The van der Waals surface area contributed by atoms with E-state index in [1.807, 2.05) is 13.0 Å². The van der Waals surface area contributed by atoms with Crippen LogP contribution in [0.25, 0.3) is 0 Å². The summed E-state index contributed by atoms with van der Waals surface area (Å²) in [6.45, 7) is 3.55. The van der Waals surface area contributed by atoms with Crippen LogP contribution in [0.4, 0.5) is 5.82 Å². The van der Waals surface area contributed by atoms with Crippen LogP contribution in [0.15, 0.2) is 12.3 Å². The number of aryl methyl sites for hydroxylation is 2. The summed E-state index contributed by atoms with van der Waals surface area (Å²) in [5.74, 6) is 0.734. The Kier molecular flexibility index (Phi) is 3.68. The number of nitrogens with zero attached hydrogens (tertiary/aromatic N) is 1. The molecule has 0 atom stereocenters. The van der Waals surface area contributed by atoms with Crippen LogP contribution >= 0.6 is 0 Å². The average Bonchev–Trinajstić information content (AvgIpc) is 2.20. The number of sulfone groups is 1. The number of rotatable bonds is 4. The number of hydrogen-bond acceptors (Lipinski definition) is 4. The second-order valence-corrected chi connectivity index (χ2v) is 6.02. The zero-order valence-corrected chi connectivity index (χ0v) is 9.84. The van der Waals surface area contributed by atoms with Crippen molar-refractivity contribution >= 4 is 15.7 Å². The summed E-state index contributed by atoms with van der Waals surface area (Å²) >= 11 is 0. The standard InChI is InChI=1S/C10H16N2O2S/c1-3-15(13,14)5-4-9-6-8(2)7-12-10(9)11/h6-7H,3-5H2,1-2H3,(H2,11,12). The van der Waals surface area contributed by atoms with E-state index < -0.39 is 9.84 Å². The number of pyridine rings is 1. The molecule has 0 aliphatic carbocycles. The first-order valence-corrected chi connectivity index (χ1v) is 6.68. The molecule has 1 aromatic rings. The predicted molar refractivity (Wildman–Crippen MR) is 61.4 cm³/mol. The Balaban J connectivity index is 2.78. The van der Waals surface area contributed by atoms with E-state index in [2.05, 4.69) is 4.98 Å². The molecule has 0 fully saturated rings. The van der Waals surface area contributed by atoms with Crippen molar-refractivity contribution < 1.29 is 8.42 Å². The SMILES string of the molecule is CCS(=O)(=O)CCc1cc(C)cnc1N. The van der Waals surface area contributed by atoms with Crippen LogP contribution in [0, 0.1) is 6.92 Å². The molecule has 0 aliphatic rings. The third kappa shape index (κ3) is 3.51. The van der Waals surface area contributed by atoms with Crippen LogP contribution in [-0.2, 0) is 16.3 Å². The fraction of sp³-hybridized carbons (Fsp3) is 0.500. The fourth-order valence-electron chi connectivity index (χ4n) is 1.25. The van der Waals surface area contributed by atoms with Crippen molar-refractivity contribution in [1.82, 2.24) is 4.98 Å². The van der Waals surface area contributed by atoms with Crippen LogP contribution in [-0.4, -0.2) is 24.9 Å². The van der Waals surface area contributed by atoms with Gasteiger partial charge in [-0.3, -0.25) is 0 Å². The Morgan fingerprint density at radius 3 is 2.73 bits per heavy atom. The summed E-state index contributed by atoms with van der Waals surface area (Å²) in [6, 6.07) is 1.88. The van der Waals surface area contributed by atoms with Gasteiger partial charge in [-0.1, -0.05) is 13.0 Å². The van der Waals surface area contributed by atoms with E-state index in [1.54, 1.807) is 13.1 Å². The molecule has 84 valence electrons. The summed E-state index contributed by atoms with van der Waals surface area (Å²) in [5, 5.41) is 0.